The number of rotatable bonds is 16. The number of Topliss-reactive ketones (excluding diaryl/α,β-unsaturated/α-hetero) is 1. The molecule has 148 valence electrons. The molecule has 0 N–H and O–H groups in total. The van der Waals surface area contributed by atoms with Gasteiger partial charge in [0.2, 0.25) is 0 Å². The van der Waals surface area contributed by atoms with Gasteiger partial charge in [0.05, 0.1) is 39.6 Å². The fourth-order valence-corrected chi connectivity index (χ4v) is 2.26. The van der Waals surface area contributed by atoms with Crippen LogP contribution in [-0.4, -0.2) is 63.6 Å². The molecule has 0 aromatic carbocycles. The van der Waals surface area contributed by atoms with Crippen molar-refractivity contribution in [3.05, 3.63) is 29.6 Å². The van der Waals surface area contributed by atoms with Crippen molar-refractivity contribution in [3.63, 3.8) is 0 Å². The van der Waals surface area contributed by atoms with E-state index in [0.29, 0.717) is 46.2 Å². The average molecular weight is 367 g/mol. The molecule has 1 rings (SSSR count). The Morgan fingerprint density at radius 1 is 0.962 bits per heavy atom. The van der Waals surface area contributed by atoms with Crippen LogP contribution in [0.4, 0.5) is 0 Å². The molecule has 6 heteroatoms. The standard InChI is InChI=1S/C20H33NO5/c1-4-23-10-11-25-14-15-26-13-12-24-9-5-6-19-16-18(7-8-21-19)20(22)17(2)3/h7-8,16-17H,4-6,9-15H2,1-3H3. The van der Waals surface area contributed by atoms with Gasteiger partial charge in [0.1, 0.15) is 0 Å². The van der Waals surface area contributed by atoms with E-state index in [0.717, 1.165) is 30.7 Å². The van der Waals surface area contributed by atoms with Crippen LogP contribution in [0.3, 0.4) is 0 Å². The van der Waals surface area contributed by atoms with E-state index in [4.69, 9.17) is 18.9 Å². The molecule has 0 atom stereocenters. The largest absolute Gasteiger partial charge is 0.379 e. The summed E-state index contributed by atoms with van der Waals surface area (Å²) in [5.41, 5.74) is 1.67. The molecule has 0 fully saturated rings. The van der Waals surface area contributed by atoms with Crippen molar-refractivity contribution < 1.29 is 23.7 Å². The summed E-state index contributed by atoms with van der Waals surface area (Å²) in [5, 5.41) is 0. The van der Waals surface area contributed by atoms with E-state index in [9.17, 15) is 4.79 Å². The quantitative estimate of drug-likeness (QED) is 0.331. The Balaban J connectivity index is 1.99. The zero-order valence-corrected chi connectivity index (χ0v) is 16.4. The van der Waals surface area contributed by atoms with Crippen LogP contribution < -0.4 is 0 Å². The number of nitrogens with zero attached hydrogens (tertiary/aromatic N) is 1. The van der Waals surface area contributed by atoms with Gasteiger partial charge in [-0.3, -0.25) is 9.78 Å². The SMILES string of the molecule is CCOCCOCCOCCOCCCc1cc(C(=O)C(C)C)ccn1. The normalized spacial score (nSPS) is 11.2. The molecule has 0 aliphatic heterocycles. The molecule has 1 aromatic rings. The van der Waals surface area contributed by atoms with E-state index in [-0.39, 0.29) is 11.7 Å². The summed E-state index contributed by atoms with van der Waals surface area (Å²) in [6.07, 6.45) is 3.37. The number of aromatic nitrogens is 1. The van der Waals surface area contributed by atoms with Crippen molar-refractivity contribution in [1.29, 1.82) is 0 Å². The lowest BCUT2D eigenvalue weighted by Gasteiger charge is -2.08. The number of ketones is 1. The third-order valence-electron chi connectivity index (χ3n) is 3.67. The Morgan fingerprint density at radius 3 is 2.12 bits per heavy atom. The third kappa shape index (κ3) is 10.6. The van der Waals surface area contributed by atoms with E-state index in [1.54, 1.807) is 12.3 Å². The zero-order chi connectivity index (χ0) is 19.0. The van der Waals surface area contributed by atoms with Gasteiger partial charge in [-0.25, -0.2) is 0 Å². The maximum absolute atomic E-state index is 12.0. The monoisotopic (exact) mass is 367 g/mol. The smallest absolute Gasteiger partial charge is 0.165 e. The van der Waals surface area contributed by atoms with Crippen LogP contribution in [0, 0.1) is 5.92 Å². The molecule has 26 heavy (non-hydrogen) atoms. The van der Waals surface area contributed by atoms with E-state index in [1.165, 1.54) is 0 Å². The highest BCUT2D eigenvalue weighted by Crippen LogP contribution is 2.10. The van der Waals surface area contributed by atoms with Gasteiger partial charge in [-0.1, -0.05) is 13.8 Å². The summed E-state index contributed by atoms with van der Waals surface area (Å²) in [7, 11) is 0. The molecule has 0 amide bonds. The van der Waals surface area contributed by atoms with Gasteiger partial charge in [0.15, 0.2) is 5.78 Å². The van der Waals surface area contributed by atoms with Crippen molar-refractivity contribution in [2.24, 2.45) is 5.92 Å². The summed E-state index contributed by atoms with van der Waals surface area (Å²) in [6.45, 7) is 10.6. The first-order valence-corrected chi connectivity index (χ1v) is 9.45. The highest BCUT2D eigenvalue weighted by Gasteiger charge is 2.10. The maximum Gasteiger partial charge on any atom is 0.165 e. The number of hydrogen-bond acceptors (Lipinski definition) is 6. The second-order valence-electron chi connectivity index (χ2n) is 6.19. The molecule has 0 radical (unpaired) electrons. The van der Waals surface area contributed by atoms with Crippen molar-refractivity contribution in [3.8, 4) is 0 Å². The van der Waals surface area contributed by atoms with Gasteiger partial charge in [0, 0.05) is 36.6 Å². The summed E-state index contributed by atoms with van der Waals surface area (Å²) < 4.78 is 21.5. The summed E-state index contributed by atoms with van der Waals surface area (Å²) >= 11 is 0. The maximum atomic E-state index is 12.0. The van der Waals surface area contributed by atoms with Gasteiger partial charge in [-0.15, -0.1) is 0 Å². The van der Waals surface area contributed by atoms with E-state index in [1.807, 2.05) is 26.8 Å². The number of pyridine rings is 1. The second kappa shape index (κ2) is 14.8. The van der Waals surface area contributed by atoms with Crippen LogP contribution in [0.25, 0.3) is 0 Å². The first-order valence-electron chi connectivity index (χ1n) is 9.45. The molecular formula is C20H33NO5. The van der Waals surface area contributed by atoms with Crippen LogP contribution in [0.5, 0.6) is 0 Å². The summed E-state index contributed by atoms with van der Waals surface area (Å²) in [5.74, 6) is 0.160. The summed E-state index contributed by atoms with van der Waals surface area (Å²) in [4.78, 5) is 16.3. The number of ether oxygens (including phenoxy) is 4. The molecule has 0 unspecified atom stereocenters. The predicted molar refractivity (Wildman–Crippen MR) is 101 cm³/mol. The molecule has 0 aliphatic carbocycles. The van der Waals surface area contributed by atoms with Gasteiger partial charge in [-0.2, -0.15) is 0 Å². The van der Waals surface area contributed by atoms with E-state index >= 15 is 0 Å². The molecule has 6 nitrogen and oxygen atoms in total. The van der Waals surface area contributed by atoms with Gasteiger partial charge >= 0.3 is 0 Å². The predicted octanol–water partition coefficient (Wildman–Crippen LogP) is 2.94. The average Bonchev–Trinajstić information content (AvgIpc) is 2.65. The molecule has 1 heterocycles. The van der Waals surface area contributed by atoms with Crippen molar-refractivity contribution in [2.75, 3.05) is 52.9 Å². The zero-order valence-electron chi connectivity index (χ0n) is 16.4. The van der Waals surface area contributed by atoms with E-state index in [2.05, 4.69) is 4.98 Å². The lowest BCUT2D eigenvalue weighted by atomic mass is 10.0. The molecule has 0 bridgehead atoms. The number of aryl methyl sites for hydroxylation is 1. The number of hydrogen-bond donors (Lipinski definition) is 0. The lowest BCUT2D eigenvalue weighted by Crippen LogP contribution is -2.12. The molecule has 0 spiro atoms. The Labute approximate surface area is 157 Å². The minimum absolute atomic E-state index is 0.00339. The minimum Gasteiger partial charge on any atom is -0.379 e. The van der Waals surface area contributed by atoms with Gasteiger partial charge in [-0.05, 0) is 31.9 Å². The topological polar surface area (TPSA) is 66.9 Å². The highest BCUT2D eigenvalue weighted by molar-refractivity contribution is 5.97. The van der Waals surface area contributed by atoms with Crippen LogP contribution >= 0.6 is 0 Å². The van der Waals surface area contributed by atoms with Gasteiger partial charge < -0.3 is 18.9 Å². The van der Waals surface area contributed by atoms with Gasteiger partial charge in [0.25, 0.3) is 0 Å². The number of carbonyl (C=O) groups excluding carboxylic acids is 1. The van der Waals surface area contributed by atoms with Crippen molar-refractivity contribution in [1.82, 2.24) is 4.98 Å². The van der Waals surface area contributed by atoms with Crippen molar-refractivity contribution in [2.45, 2.75) is 33.6 Å². The Kier molecular flexibility index (Phi) is 12.9. The molecule has 0 aliphatic rings. The van der Waals surface area contributed by atoms with Crippen LogP contribution in [0.15, 0.2) is 18.3 Å². The molecule has 0 saturated heterocycles. The van der Waals surface area contributed by atoms with Crippen LogP contribution in [0.2, 0.25) is 0 Å². The Bertz CT molecular complexity index is 493. The minimum atomic E-state index is 0.00339. The Hall–Kier alpha value is -1.34. The van der Waals surface area contributed by atoms with Crippen molar-refractivity contribution >= 4 is 5.78 Å². The Morgan fingerprint density at radius 2 is 1.54 bits per heavy atom. The van der Waals surface area contributed by atoms with E-state index < -0.39 is 0 Å². The summed E-state index contributed by atoms with van der Waals surface area (Å²) in [6, 6.07) is 3.66. The lowest BCUT2D eigenvalue weighted by molar-refractivity contribution is -0.000678. The second-order valence-corrected chi connectivity index (χ2v) is 6.19. The van der Waals surface area contributed by atoms with Crippen LogP contribution in [-0.2, 0) is 25.4 Å². The van der Waals surface area contributed by atoms with Crippen LogP contribution in [0.1, 0.15) is 43.2 Å². The third-order valence-corrected chi connectivity index (χ3v) is 3.67. The molecular weight excluding hydrogens is 334 g/mol. The first kappa shape index (κ1) is 22.7. The highest BCUT2D eigenvalue weighted by atomic mass is 16.6. The molecule has 1 aromatic heterocycles. The fraction of sp³-hybridized carbons (Fsp3) is 0.700. The first-order chi connectivity index (χ1) is 12.6. The molecule has 0 saturated carbocycles. The number of carbonyl (C=O) groups is 1. The fourth-order valence-electron chi connectivity index (χ4n) is 2.26.